The molecule has 57 heavy (non-hydrogen) atoms. The van der Waals surface area contributed by atoms with Crippen molar-refractivity contribution < 1.29 is 59.9 Å². The number of fused-ring (bicyclic) bond motifs is 20. The van der Waals surface area contributed by atoms with E-state index in [9.17, 15) is 47.3 Å². The van der Waals surface area contributed by atoms with Crippen LogP contribution in [0.3, 0.4) is 0 Å². The Morgan fingerprint density at radius 3 is 1.21 bits per heavy atom. The van der Waals surface area contributed by atoms with Crippen molar-refractivity contribution in [2.75, 3.05) is 0 Å². The van der Waals surface area contributed by atoms with Crippen molar-refractivity contribution in [3.05, 3.63) is 91.0 Å². The summed E-state index contributed by atoms with van der Waals surface area (Å²) in [6, 6.07) is 24.6. The molecule has 0 unspecified atom stereocenters. The Hall–Kier alpha value is -5.76. The molecule has 5 N–H and O–H groups in total. The molecule has 4 aromatic carbocycles. The Morgan fingerprint density at radius 1 is 0.439 bits per heavy atom. The van der Waals surface area contributed by atoms with Gasteiger partial charge in [-0.2, -0.15) is 0 Å². The number of hydrogen-bond acceptors (Lipinski definition) is 15. The van der Waals surface area contributed by atoms with Crippen LogP contribution in [0, 0.1) is 0 Å². The van der Waals surface area contributed by atoms with Crippen LogP contribution in [-0.4, -0.2) is 87.2 Å². The summed E-state index contributed by atoms with van der Waals surface area (Å²) in [6.07, 6.45) is 0. The molecule has 5 heterocycles. The van der Waals surface area contributed by atoms with E-state index in [2.05, 4.69) is 19.9 Å². The first-order valence-electron chi connectivity index (χ1n) is 15.7. The zero-order valence-corrected chi connectivity index (χ0v) is 32.2. The summed E-state index contributed by atoms with van der Waals surface area (Å²) in [4.78, 5) is 34.6. The maximum absolute atomic E-state index is 13.7. The second-order valence-electron chi connectivity index (χ2n) is 11.9. The molecule has 25 heteroatoms. The molecule has 3 aromatic heterocycles. The molecule has 8 bridgehead atoms. The minimum atomic E-state index is -7.71. The van der Waals surface area contributed by atoms with E-state index < -0.39 is 48.3 Å². The van der Waals surface area contributed by atoms with Crippen molar-refractivity contribution in [3.8, 4) is 51.3 Å². The van der Waals surface area contributed by atoms with Crippen LogP contribution < -0.4 is 4.18 Å². The van der Waals surface area contributed by atoms with Crippen LogP contribution in [0.5, 0.6) is 5.75 Å². The van der Waals surface area contributed by atoms with Crippen molar-refractivity contribution in [2.45, 2.75) is 0 Å². The molecule has 20 nitrogen and oxygen atoms in total. The van der Waals surface area contributed by atoms with E-state index in [0.717, 1.165) is 17.5 Å². The van der Waals surface area contributed by atoms with Crippen molar-refractivity contribution in [1.29, 1.82) is 0 Å². The molecule has 0 saturated carbocycles. The predicted molar refractivity (Wildman–Crippen MR) is 200 cm³/mol. The summed E-state index contributed by atoms with van der Waals surface area (Å²) in [5.41, 5.74) is 2.54. The second kappa shape index (κ2) is 12.4. The van der Waals surface area contributed by atoms with Gasteiger partial charge in [0.05, 0.1) is 0 Å². The van der Waals surface area contributed by atoms with Gasteiger partial charge in [0.15, 0.2) is 0 Å². The van der Waals surface area contributed by atoms with Gasteiger partial charge in [-0.15, -0.1) is 0 Å². The maximum atomic E-state index is 13.7. The number of rotatable bonds is 6. The molecule has 2 aliphatic rings. The molecule has 0 fully saturated rings. The second-order valence-corrected chi connectivity index (χ2v) is 34.8. The molecule has 0 atom stereocenters. The van der Waals surface area contributed by atoms with Crippen LogP contribution in [0.1, 0.15) is 0 Å². The number of aromatic amines is 2. The van der Waals surface area contributed by atoms with Crippen molar-refractivity contribution >= 4 is 78.3 Å². The van der Waals surface area contributed by atoms with Crippen LogP contribution in [0.2, 0.25) is 0 Å². The Labute approximate surface area is 318 Å². The first kappa shape index (κ1) is 36.9. The van der Waals surface area contributed by atoms with Gasteiger partial charge in [-0.25, -0.2) is 0 Å². The fourth-order valence-corrected chi connectivity index (χ4v) is 28.4. The van der Waals surface area contributed by atoms with E-state index >= 15 is 0 Å². The number of benzene rings is 4. The molecule has 292 valence electrons. The quantitative estimate of drug-likeness (QED) is 0.116. The molecular formula is C32H20FeN8O12S4. The van der Waals surface area contributed by atoms with Gasteiger partial charge in [0.1, 0.15) is 0 Å². The molecular weight excluding hydrogens is 873 g/mol. The number of nitrogens with one attached hydrogen (secondary N) is 2. The van der Waals surface area contributed by atoms with Crippen molar-refractivity contribution in [3.63, 3.8) is 0 Å². The van der Waals surface area contributed by atoms with Gasteiger partial charge >= 0.3 is 291 Å². The first-order chi connectivity index (χ1) is 26.9. The average Bonchev–Trinajstić information content (AvgIpc) is 3.85. The normalized spacial score (nSPS) is 13.7. The van der Waals surface area contributed by atoms with Crippen LogP contribution >= 0.6 is 0 Å². The zero-order valence-electron chi connectivity index (χ0n) is 27.8. The SMILES string of the molecule is O=[S](=O)(O)[Fe]([S](=O)(=O)O)([S](=O)(=O)O)[S](=O)(=O)Oc1cccc2c3nc4nc(nc5[nH]c(nc6nc(nc([nH]3)c12)-c1ccccc1-6)c1ccccc51)-c1ccccc1-4. The number of nitrogens with zero attached hydrogens (tertiary/aromatic N) is 6. The van der Waals surface area contributed by atoms with Gasteiger partial charge in [0.2, 0.25) is 0 Å². The van der Waals surface area contributed by atoms with Crippen molar-refractivity contribution in [2.24, 2.45) is 0 Å². The Balaban J connectivity index is 1.43. The van der Waals surface area contributed by atoms with Gasteiger partial charge in [0.25, 0.3) is 0 Å². The zero-order chi connectivity index (χ0) is 40.3. The van der Waals surface area contributed by atoms with E-state index in [1.54, 1.807) is 48.5 Å². The van der Waals surface area contributed by atoms with E-state index in [1.807, 2.05) is 24.3 Å². The van der Waals surface area contributed by atoms with Crippen LogP contribution in [0.4, 0.5) is 0 Å². The molecule has 0 spiro atoms. The summed E-state index contributed by atoms with van der Waals surface area (Å²) in [7, 11) is -35.2. The number of H-pyrrole nitrogens is 2. The van der Waals surface area contributed by atoms with Gasteiger partial charge in [-0.05, 0) is 0 Å². The van der Waals surface area contributed by atoms with Gasteiger partial charge in [0, 0.05) is 5.39 Å². The fraction of sp³-hybridized carbons (Fsp3) is 0. The van der Waals surface area contributed by atoms with Crippen LogP contribution in [0.15, 0.2) is 91.0 Å². The van der Waals surface area contributed by atoms with E-state index in [-0.39, 0.29) is 45.4 Å². The third-order valence-corrected chi connectivity index (χ3v) is 41.3. The van der Waals surface area contributed by atoms with E-state index in [1.165, 1.54) is 6.07 Å². The van der Waals surface area contributed by atoms with Gasteiger partial charge in [-0.1, -0.05) is 24.3 Å². The monoisotopic (exact) mass is 892 g/mol. The molecule has 2 aliphatic heterocycles. The summed E-state index contributed by atoms with van der Waals surface area (Å²) in [5, 5.41) is 1.05. The molecule has 7 aromatic rings. The summed E-state index contributed by atoms with van der Waals surface area (Å²) in [6.45, 7) is 0. The molecule has 0 amide bonds. The molecule has 0 radical (unpaired) electrons. The van der Waals surface area contributed by atoms with Crippen LogP contribution in [-0.2, 0) is 42.5 Å². The summed E-state index contributed by atoms with van der Waals surface area (Å²) in [5.74, 6) is -0.405. The molecule has 9 rings (SSSR count). The van der Waals surface area contributed by atoms with Gasteiger partial charge in [-0.3, -0.25) is 0 Å². The van der Waals surface area contributed by atoms with E-state index in [0.29, 0.717) is 38.9 Å². The third kappa shape index (κ3) is 5.47. The fourth-order valence-electron chi connectivity index (χ4n) is 6.42. The van der Waals surface area contributed by atoms with Crippen molar-refractivity contribution in [1.82, 2.24) is 39.9 Å². The molecule has 0 saturated heterocycles. The Morgan fingerprint density at radius 2 is 0.789 bits per heavy atom. The number of hydrogen-bond donors (Lipinski definition) is 5. The topological polar surface area (TPSA) is 315 Å². The third-order valence-electron chi connectivity index (χ3n) is 8.62. The molecule has 0 aliphatic carbocycles. The van der Waals surface area contributed by atoms with Gasteiger partial charge < -0.3 is 0 Å². The Kier molecular flexibility index (Phi) is 8.00. The van der Waals surface area contributed by atoms with Crippen LogP contribution in [0.25, 0.3) is 89.7 Å². The summed E-state index contributed by atoms with van der Waals surface area (Å²) >= 11 is 0. The predicted octanol–water partition coefficient (Wildman–Crippen LogP) is 4.06. The summed E-state index contributed by atoms with van der Waals surface area (Å²) < 4.78 is 136. The number of aromatic nitrogens is 8. The minimum absolute atomic E-state index is 0.000316. The van der Waals surface area contributed by atoms with E-state index in [4.69, 9.17) is 24.1 Å². The standard InChI is InChI=1S/C32H17N8O3S.Fe.3HO3S/c41-44(42)43-23-15-7-14-22-24(23)32-39-30-21-13-6-5-12-20(21)28(37-30)35-26-17-9-2-1-8-16(17)25(33-26)34-27-18-10-3-4-11-19(18)29(36-27)38-31(22)40-32;;3*1-4(2)3/h1-15H,(H2,33,34,35,36,37,38,39,40);;3*(H,1,2,3). The Bertz CT molecular complexity index is 3500. The first-order valence-corrected chi connectivity index (χ1v) is 26.4. The average molecular weight is 893 g/mol.